The van der Waals surface area contributed by atoms with E-state index >= 15 is 0 Å². The van der Waals surface area contributed by atoms with Gasteiger partial charge in [0.15, 0.2) is 0 Å². The number of hydrogen-bond acceptors (Lipinski definition) is 4. The van der Waals surface area contributed by atoms with Crippen molar-refractivity contribution < 1.29 is 0 Å². The second-order valence-electron chi connectivity index (χ2n) is 26.1. The summed E-state index contributed by atoms with van der Waals surface area (Å²) in [5, 5.41) is 14.4. The minimum atomic E-state index is 0.834. The molecule has 0 aliphatic heterocycles. The van der Waals surface area contributed by atoms with Crippen LogP contribution in [0.5, 0.6) is 0 Å². The predicted octanol–water partition coefficient (Wildman–Crippen LogP) is 22.9. The van der Waals surface area contributed by atoms with Crippen molar-refractivity contribution >= 4 is 131 Å². The van der Waals surface area contributed by atoms with Gasteiger partial charge in [0.1, 0.15) is 34.9 Å². The quantitative estimate of drug-likeness (QED) is 0.152. The molecule has 476 valence electrons. The van der Waals surface area contributed by atoms with Crippen LogP contribution < -0.4 is 0 Å². The highest BCUT2D eigenvalue weighted by Gasteiger charge is 2.25. The normalized spacial score (nSPS) is 11.9. The Labute approximate surface area is 584 Å². The summed E-state index contributed by atoms with van der Waals surface area (Å²) in [6.45, 7) is 0. The van der Waals surface area contributed by atoms with Crippen LogP contribution in [0.4, 0.5) is 0 Å². The molecule has 0 saturated carbocycles. The maximum absolute atomic E-state index is 5.65. The van der Waals surface area contributed by atoms with Crippen LogP contribution in [0.1, 0.15) is 0 Å². The fourth-order valence-electron chi connectivity index (χ4n) is 16.3. The maximum Gasteiger partial charge on any atom is 0.145 e. The molecule has 0 atom stereocenters. The molecule has 0 aliphatic rings. The highest BCUT2D eigenvalue weighted by molar-refractivity contribution is 6.15. The van der Waals surface area contributed by atoms with Crippen LogP contribution in [0.2, 0.25) is 0 Å². The zero-order chi connectivity index (χ0) is 66.9. The molecule has 10 aromatic heterocycles. The third-order valence-electron chi connectivity index (χ3n) is 20.6. The molecule has 0 N–H and O–H groups in total. The first-order valence-electron chi connectivity index (χ1n) is 34.5. The van der Waals surface area contributed by atoms with Crippen molar-refractivity contribution in [2.24, 2.45) is 0 Å². The second kappa shape index (κ2) is 22.8. The number of benzene rings is 12. The van der Waals surface area contributed by atoms with Crippen molar-refractivity contribution in [1.82, 2.24) is 47.3 Å². The number of rotatable bonds is 8. The fraction of sp³-hybridized carbons (Fsp3) is 0. The SMILES string of the molecule is c1ccc2c(c1)c1ccccc1n2-c1cc(-c2cc(-n3c4ccccc4c4ccccc43)nc(-n3c4ccccc4c4ccccc43)c2)cc(-n2c3ccccc3c3ccccc32)n1.c1cnc(-n2c3ccccc3c3ccccc32)c(-c2cccnc2-n2c3ccccc3c3ccccc32)c1. The number of nitrogens with zero attached hydrogens (tertiary/aromatic N) is 10. The standard InChI is InChI=1S/C58H36N6.C34H22N4/c1-9-25-47-39(17-1)40-18-2-10-26-48(40)61(47)55-33-37(34-56(59-55)62-49-27-11-3-19-41(49)42-20-4-12-28-50(42)62)38-35-57(63-51-29-13-5-21-43(51)44-22-6-14-30-52(44)63)60-58(36-38)64-53-31-15-7-23-45(53)46-24-8-16-32-54(46)64;1-5-17-29-23(11-1)24-12-2-6-18-30(24)37(29)33-27(15-9-21-35-33)28-16-10-22-36-34(28)38-31-19-7-3-13-25(31)26-14-4-8-20-32(26)38/h1-36H;1-22H. The number of fused-ring (bicyclic) bond motifs is 18. The largest absolute Gasteiger partial charge is 0.294 e. The molecular weight excluding hydrogens is 1250 g/mol. The predicted molar refractivity (Wildman–Crippen MR) is 421 cm³/mol. The molecule has 102 heavy (non-hydrogen) atoms. The van der Waals surface area contributed by atoms with Crippen LogP contribution in [0.15, 0.2) is 352 Å². The molecule has 10 heterocycles. The van der Waals surface area contributed by atoms with Crippen LogP contribution in [0, 0.1) is 0 Å². The highest BCUT2D eigenvalue weighted by Crippen LogP contribution is 2.43. The van der Waals surface area contributed by atoms with Crippen LogP contribution in [-0.2, 0) is 0 Å². The minimum Gasteiger partial charge on any atom is -0.294 e. The zero-order valence-electron chi connectivity index (χ0n) is 55.0. The van der Waals surface area contributed by atoms with Crippen LogP contribution in [-0.4, -0.2) is 47.3 Å². The van der Waals surface area contributed by atoms with E-state index in [4.69, 9.17) is 19.9 Å². The van der Waals surface area contributed by atoms with E-state index in [1.165, 1.54) is 64.6 Å². The van der Waals surface area contributed by atoms with Crippen LogP contribution >= 0.6 is 0 Å². The number of para-hydroxylation sites is 12. The van der Waals surface area contributed by atoms with Gasteiger partial charge in [-0.05, 0) is 132 Å². The maximum atomic E-state index is 5.65. The molecule has 0 bridgehead atoms. The average Bonchev–Trinajstić information content (AvgIpc) is 1.54. The van der Waals surface area contributed by atoms with E-state index in [-0.39, 0.29) is 0 Å². The van der Waals surface area contributed by atoms with Crippen molar-refractivity contribution in [2.45, 2.75) is 0 Å². The molecule has 0 unspecified atom stereocenters. The summed E-state index contributed by atoms with van der Waals surface area (Å²) in [4.78, 5) is 21.2. The lowest BCUT2D eigenvalue weighted by Crippen LogP contribution is -2.06. The minimum absolute atomic E-state index is 0.834. The van der Waals surface area contributed by atoms with Crippen molar-refractivity contribution in [1.29, 1.82) is 0 Å². The zero-order valence-corrected chi connectivity index (χ0v) is 55.0. The Bertz CT molecular complexity index is 6160. The first-order chi connectivity index (χ1) is 50.7. The summed E-state index contributed by atoms with van der Waals surface area (Å²) in [7, 11) is 0. The molecule has 0 amide bonds. The van der Waals surface area contributed by atoms with E-state index < -0.39 is 0 Å². The van der Waals surface area contributed by atoms with E-state index in [2.05, 4.69) is 355 Å². The lowest BCUT2D eigenvalue weighted by Gasteiger charge is -2.17. The van der Waals surface area contributed by atoms with Crippen molar-refractivity contribution in [3.63, 3.8) is 0 Å². The Morgan fingerprint density at radius 3 is 0.520 bits per heavy atom. The lowest BCUT2D eigenvalue weighted by atomic mass is 10.1. The smallest absolute Gasteiger partial charge is 0.145 e. The van der Waals surface area contributed by atoms with Gasteiger partial charge >= 0.3 is 0 Å². The summed E-state index contributed by atoms with van der Waals surface area (Å²) in [6.07, 6.45) is 3.75. The molecule has 12 aromatic carbocycles. The van der Waals surface area contributed by atoms with Crippen molar-refractivity contribution in [3.8, 4) is 57.2 Å². The first-order valence-corrected chi connectivity index (χ1v) is 34.5. The molecule has 0 saturated heterocycles. The Morgan fingerprint density at radius 2 is 0.333 bits per heavy atom. The Balaban J connectivity index is 0.000000151. The third-order valence-corrected chi connectivity index (χ3v) is 20.6. The van der Waals surface area contributed by atoms with E-state index in [9.17, 15) is 0 Å². The second-order valence-corrected chi connectivity index (χ2v) is 26.1. The molecule has 10 heteroatoms. The van der Waals surface area contributed by atoms with Crippen molar-refractivity contribution in [2.75, 3.05) is 0 Å². The van der Waals surface area contributed by atoms with Crippen LogP contribution in [0.3, 0.4) is 0 Å². The molecule has 0 aliphatic carbocycles. The van der Waals surface area contributed by atoms with Gasteiger partial charge in [0.2, 0.25) is 0 Å². The van der Waals surface area contributed by atoms with Gasteiger partial charge in [0.25, 0.3) is 0 Å². The Morgan fingerprint density at radius 1 is 0.167 bits per heavy atom. The summed E-state index contributed by atoms with van der Waals surface area (Å²) in [6, 6.07) is 121. The van der Waals surface area contributed by atoms with Gasteiger partial charge in [-0.25, -0.2) is 19.9 Å². The van der Waals surface area contributed by atoms with E-state index in [0.29, 0.717) is 0 Å². The Hall–Kier alpha value is -14.0. The van der Waals surface area contributed by atoms with Gasteiger partial charge in [-0.15, -0.1) is 0 Å². The van der Waals surface area contributed by atoms with E-state index in [0.717, 1.165) is 123 Å². The number of aromatic nitrogens is 10. The fourth-order valence-corrected chi connectivity index (χ4v) is 16.3. The first kappa shape index (κ1) is 57.1. The topological polar surface area (TPSA) is 81.1 Å². The summed E-state index contributed by atoms with van der Waals surface area (Å²) in [5.74, 6) is 5.11. The van der Waals surface area contributed by atoms with Crippen LogP contribution in [0.25, 0.3) is 188 Å². The summed E-state index contributed by atoms with van der Waals surface area (Å²) in [5.41, 5.74) is 17.5. The van der Waals surface area contributed by atoms with Gasteiger partial charge in [-0.2, -0.15) is 0 Å². The number of pyridine rings is 4. The van der Waals surface area contributed by atoms with Crippen molar-refractivity contribution in [3.05, 3.63) is 352 Å². The molecule has 0 radical (unpaired) electrons. The van der Waals surface area contributed by atoms with E-state index in [1.54, 1.807) is 0 Å². The molecule has 22 aromatic rings. The van der Waals surface area contributed by atoms with E-state index in [1.807, 2.05) is 24.5 Å². The van der Waals surface area contributed by atoms with Gasteiger partial charge < -0.3 is 0 Å². The van der Waals surface area contributed by atoms with Gasteiger partial charge in [0, 0.05) is 88.2 Å². The molecule has 0 fully saturated rings. The highest BCUT2D eigenvalue weighted by atomic mass is 15.2. The lowest BCUT2D eigenvalue weighted by molar-refractivity contribution is 1.01. The molecule has 0 spiro atoms. The monoisotopic (exact) mass is 1300 g/mol. The Kier molecular flexibility index (Phi) is 12.8. The third kappa shape index (κ3) is 8.66. The molecular formula is C92H58N10. The molecule has 10 nitrogen and oxygen atoms in total. The average molecular weight is 1300 g/mol. The molecule has 22 rings (SSSR count). The van der Waals surface area contributed by atoms with Gasteiger partial charge in [-0.1, -0.05) is 218 Å². The summed E-state index contributed by atoms with van der Waals surface area (Å²) >= 11 is 0. The van der Waals surface area contributed by atoms with Gasteiger partial charge in [-0.3, -0.25) is 27.4 Å². The van der Waals surface area contributed by atoms with Gasteiger partial charge in [0.05, 0.1) is 66.2 Å². The number of hydrogen-bond donors (Lipinski definition) is 0. The summed E-state index contributed by atoms with van der Waals surface area (Å²) < 4.78 is 13.9.